The molecule has 3 aromatic rings. The largest absolute Gasteiger partial charge is 0.496 e. The number of nitrogens with zero attached hydrogens (tertiary/aromatic N) is 3. The summed E-state index contributed by atoms with van der Waals surface area (Å²) < 4.78 is 18.3. The van der Waals surface area contributed by atoms with Crippen LogP contribution >= 0.6 is 0 Å². The maximum atomic E-state index is 13.5. The molecule has 0 bridgehead atoms. The minimum atomic E-state index is -0.371. The van der Waals surface area contributed by atoms with Crippen molar-refractivity contribution in [3.8, 4) is 22.8 Å². The molecule has 0 spiro atoms. The molecule has 2 N–H and O–H groups in total. The Balaban J connectivity index is 1.88. The van der Waals surface area contributed by atoms with E-state index in [0.717, 1.165) is 11.3 Å². The lowest BCUT2D eigenvalue weighted by Gasteiger charge is -2.21. The Bertz CT molecular complexity index is 1180. The molecule has 10 nitrogen and oxygen atoms in total. The Labute approximate surface area is 224 Å². The van der Waals surface area contributed by atoms with Gasteiger partial charge in [0.1, 0.15) is 17.8 Å². The summed E-state index contributed by atoms with van der Waals surface area (Å²) >= 11 is 0. The minimum Gasteiger partial charge on any atom is -0.496 e. The van der Waals surface area contributed by atoms with Gasteiger partial charge in [-0.3, -0.25) is 14.3 Å². The van der Waals surface area contributed by atoms with E-state index in [1.807, 2.05) is 22.9 Å². The van der Waals surface area contributed by atoms with Crippen LogP contribution in [0.15, 0.2) is 41.1 Å². The van der Waals surface area contributed by atoms with Gasteiger partial charge in [0.05, 0.1) is 44.3 Å². The summed E-state index contributed by atoms with van der Waals surface area (Å²) in [5.41, 5.74) is 1.70. The van der Waals surface area contributed by atoms with E-state index in [9.17, 15) is 9.59 Å². The van der Waals surface area contributed by atoms with Crippen molar-refractivity contribution in [3.05, 3.63) is 48.3 Å². The number of amides is 2. The zero-order valence-electron chi connectivity index (χ0n) is 23.3. The van der Waals surface area contributed by atoms with Crippen LogP contribution in [-0.2, 0) is 11.3 Å². The average Bonchev–Trinajstić information content (AvgIpc) is 3.56. The molecule has 0 fully saturated rings. The molecule has 10 heteroatoms. The number of rotatable bonds is 13. The van der Waals surface area contributed by atoms with E-state index in [0.29, 0.717) is 23.8 Å². The summed E-state index contributed by atoms with van der Waals surface area (Å²) in [6.07, 6.45) is 3.74. The van der Waals surface area contributed by atoms with Crippen LogP contribution < -0.4 is 20.1 Å². The van der Waals surface area contributed by atoms with Gasteiger partial charge in [-0.25, -0.2) is 4.98 Å². The lowest BCUT2D eigenvalue weighted by molar-refractivity contribution is -0.121. The van der Waals surface area contributed by atoms with Crippen molar-refractivity contribution in [1.82, 2.24) is 25.4 Å². The van der Waals surface area contributed by atoms with Crippen LogP contribution in [0.2, 0.25) is 0 Å². The molecule has 206 valence electrons. The van der Waals surface area contributed by atoms with Gasteiger partial charge < -0.3 is 24.5 Å². The fourth-order valence-electron chi connectivity index (χ4n) is 4.22. The van der Waals surface area contributed by atoms with Crippen LogP contribution in [0, 0.1) is 11.8 Å². The van der Waals surface area contributed by atoms with Gasteiger partial charge in [-0.05, 0) is 43.4 Å². The number of oxazole rings is 1. The van der Waals surface area contributed by atoms with Crippen LogP contribution in [0.3, 0.4) is 0 Å². The molecule has 0 aliphatic heterocycles. The van der Waals surface area contributed by atoms with E-state index in [-0.39, 0.29) is 54.4 Å². The van der Waals surface area contributed by atoms with Crippen molar-refractivity contribution in [3.63, 3.8) is 0 Å². The topological polar surface area (TPSA) is 121 Å². The highest BCUT2D eigenvalue weighted by Gasteiger charge is 2.26. The number of benzene rings is 1. The van der Waals surface area contributed by atoms with Crippen molar-refractivity contribution in [2.45, 2.75) is 66.1 Å². The zero-order valence-corrected chi connectivity index (χ0v) is 23.3. The van der Waals surface area contributed by atoms with Crippen LogP contribution in [0.4, 0.5) is 0 Å². The molecule has 2 heterocycles. The molecule has 2 amide bonds. The van der Waals surface area contributed by atoms with E-state index in [4.69, 9.17) is 19.0 Å². The van der Waals surface area contributed by atoms with Gasteiger partial charge in [-0.1, -0.05) is 33.8 Å². The Hall–Kier alpha value is -3.82. The predicted molar refractivity (Wildman–Crippen MR) is 144 cm³/mol. The maximum absolute atomic E-state index is 13.5. The van der Waals surface area contributed by atoms with E-state index in [2.05, 4.69) is 50.2 Å². The Morgan fingerprint density at radius 2 is 1.76 bits per heavy atom. The summed E-state index contributed by atoms with van der Waals surface area (Å²) in [5, 5.41) is 10.5. The van der Waals surface area contributed by atoms with Crippen LogP contribution in [0.5, 0.6) is 11.5 Å². The monoisotopic (exact) mass is 525 g/mol. The highest BCUT2D eigenvalue weighted by molar-refractivity contribution is 5.94. The van der Waals surface area contributed by atoms with Gasteiger partial charge in [0.2, 0.25) is 11.8 Å². The summed E-state index contributed by atoms with van der Waals surface area (Å²) in [6.45, 7) is 10.6. The molecule has 1 aromatic carbocycles. The molecule has 0 saturated heterocycles. The highest BCUT2D eigenvalue weighted by atomic mass is 16.5. The summed E-state index contributed by atoms with van der Waals surface area (Å²) in [6, 6.07) is 6.93. The summed E-state index contributed by atoms with van der Waals surface area (Å²) in [7, 11) is 3.20. The third-order valence-corrected chi connectivity index (χ3v) is 6.45. The normalized spacial score (nSPS) is 12.9. The van der Waals surface area contributed by atoms with Crippen molar-refractivity contribution >= 4 is 11.8 Å². The highest BCUT2D eigenvalue weighted by Crippen LogP contribution is 2.40. The second kappa shape index (κ2) is 13.1. The van der Waals surface area contributed by atoms with E-state index < -0.39 is 0 Å². The van der Waals surface area contributed by atoms with E-state index in [1.165, 1.54) is 12.5 Å². The number of ether oxygens (including phenoxy) is 2. The Kier molecular flexibility index (Phi) is 9.92. The van der Waals surface area contributed by atoms with E-state index >= 15 is 0 Å². The fraction of sp³-hybridized carbons (Fsp3) is 0.500. The van der Waals surface area contributed by atoms with Crippen LogP contribution in [0.1, 0.15) is 69.9 Å². The third-order valence-electron chi connectivity index (χ3n) is 6.45. The molecule has 0 aliphatic rings. The van der Waals surface area contributed by atoms with Crippen molar-refractivity contribution in [2.24, 2.45) is 11.8 Å². The number of hydrogen-bond donors (Lipinski definition) is 2. The van der Waals surface area contributed by atoms with E-state index in [1.54, 1.807) is 20.3 Å². The molecule has 2 aromatic heterocycles. The maximum Gasteiger partial charge on any atom is 0.272 e. The van der Waals surface area contributed by atoms with Gasteiger partial charge >= 0.3 is 0 Å². The SMILES string of the molecule is COc1cccc(OC)c1-c1cc(C(=O)N[C@H](CC(=O)NCc2ncco2)CC(C)C)nn1C(C)C(C)C. The average molecular weight is 526 g/mol. The summed E-state index contributed by atoms with van der Waals surface area (Å²) in [5.74, 6) is 1.64. The first-order valence-corrected chi connectivity index (χ1v) is 12.9. The predicted octanol–water partition coefficient (Wildman–Crippen LogP) is 4.62. The number of carbonyl (C=O) groups excluding carboxylic acids is 2. The molecule has 2 atom stereocenters. The van der Waals surface area contributed by atoms with Crippen molar-refractivity contribution in [2.75, 3.05) is 14.2 Å². The first-order chi connectivity index (χ1) is 18.1. The second-order valence-electron chi connectivity index (χ2n) is 10.1. The van der Waals surface area contributed by atoms with Gasteiger partial charge in [-0.15, -0.1) is 0 Å². The Morgan fingerprint density at radius 3 is 2.32 bits per heavy atom. The van der Waals surface area contributed by atoms with Crippen molar-refractivity contribution in [1.29, 1.82) is 0 Å². The number of nitrogens with one attached hydrogen (secondary N) is 2. The molecule has 0 aliphatic carbocycles. The zero-order chi connectivity index (χ0) is 27.8. The minimum absolute atomic E-state index is 0.00591. The number of aromatic nitrogens is 3. The van der Waals surface area contributed by atoms with Gasteiger partial charge in [0, 0.05) is 12.5 Å². The third kappa shape index (κ3) is 7.14. The van der Waals surface area contributed by atoms with Gasteiger partial charge in [0.15, 0.2) is 5.69 Å². The van der Waals surface area contributed by atoms with Crippen molar-refractivity contribution < 1.29 is 23.5 Å². The first kappa shape index (κ1) is 28.7. The van der Waals surface area contributed by atoms with Gasteiger partial charge in [-0.2, -0.15) is 5.10 Å². The standard InChI is InChI=1S/C28H39N5O5/c1-17(2)13-20(14-25(34)30-16-26-29-11-12-38-26)31-28(35)21-15-22(33(32-21)19(5)18(3)4)27-23(36-6)9-8-10-24(27)37-7/h8-12,15,17-20H,13-14,16H2,1-7H3,(H,30,34)(H,31,35)/t19?,20-/m0/s1. The molecule has 38 heavy (non-hydrogen) atoms. The molecule has 3 rings (SSSR count). The first-order valence-electron chi connectivity index (χ1n) is 12.9. The quantitative estimate of drug-likeness (QED) is 0.334. The smallest absolute Gasteiger partial charge is 0.272 e. The Morgan fingerprint density at radius 1 is 1.08 bits per heavy atom. The number of carbonyl (C=O) groups is 2. The van der Waals surface area contributed by atoms with Crippen LogP contribution in [-0.4, -0.2) is 46.8 Å². The molecule has 0 saturated carbocycles. The number of hydrogen-bond acceptors (Lipinski definition) is 7. The lowest BCUT2D eigenvalue weighted by atomic mass is 10.0. The lowest BCUT2D eigenvalue weighted by Crippen LogP contribution is -2.40. The molecule has 1 unspecified atom stereocenters. The second-order valence-corrected chi connectivity index (χ2v) is 10.1. The molecular weight excluding hydrogens is 486 g/mol. The van der Waals surface area contributed by atoms with Crippen LogP contribution in [0.25, 0.3) is 11.3 Å². The summed E-state index contributed by atoms with van der Waals surface area (Å²) in [4.78, 5) is 30.1. The van der Waals surface area contributed by atoms with Gasteiger partial charge in [0.25, 0.3) is 5.91 Å². The number of methoxy groups -OCH3 is 2. The fourth-order valence-corrected chi connectivity index (χ4v) is 4.22. The molecule has 0 radical (unpaired) electrons. The molecular formula is C28H39N5O5.